The Hall–Kier alpha value is -3.08. The normalized spacial score (nSPS) is 12.4. The minimum absolute atomic E-state index is 0.0172. The molecule has 2 aromatic carbocycles. The topological polar surface area (TPSA) is 102 Å². The molecule has 1 aromatic heterocycles. The molecule has 0 saturated heterocycles. The lowest BCUT2D eigenvalue weighted by molar-refractivity contribution is -0.124. The first-order valence-electron chi connectivity index (χ1n) is 10.0. The monoisotopic (exact) mass is 490 g/mol. The summed E-state index contributed by atoms with van der Waals surface area (Å²) >= 11 is 1.43. The molecule has 174 valence electrons. The van der Waals surface area contributed by atoms with Crippen molar-refractivity contribution in [3.05, 3.63) is 87.9 Å². The summed E-state index contributed by atoms with van der Waals surface area (Å²) in [5, 5.41) is 4.65. The van der Waals surface area contributed by atoms with Crippen molar-refractivity contribution in [2.45, 2.75) is 30.8 Å². The van der Waals surface area contributed by atoms with E-state index in [0.717, 1.165) is 4.88 Å². The van der Waals surface area contributed by atoms with Gasteiger partial charge in [0.15, 0.2) is 6.61 Å². The number of rotatable bonds is 9. The van der Waals surface area contributed by atoms with Crippen LogP contribution in [0.1, 0.15) is 40.7 Å². The Morgan fingerprint density at radius 2 is 1.70 bits per heavy atom. The fraction of sp³-hybridized carbons (Fsp3) is 0.217. The van der Waals surface area contributed by atoms with Crippen molar-refractivity contribution in [1.82, 2.24) is 10.0 Å². The molecule has 0 radical (unpaired) electrons. The number of thiophene rings is 1. The highest BCUT2D eigenvalue weighted by molar-refractivity contribution is 7.89. The Balaban J connectivity index is 1.62. The fourth-order valence-electron chi connectivity index (χ4n) is 3.00. The van der Waals surface area contributed by atoms with Gasteiger partial charge in [-0.25, -0.2) is 22.3 Å². The van der Waals surface area contributed by atoms with Gasteiger partial charge in [-0.05, 0) is 67.3 Å². The molecular formula is C23H23FN2O5S2. The number of nitrogens with one attached hydrogen (secondary N) is 2. The number of sulfonamides is 1. The van der Waals surface area contributed by atoms with E-state index in [1.165, 1.54) is 47.7 Å². The molecule has 0 bridgehead atoms. The summed E-state index contributed by atoms with van der Waals surface area (Å²) in [4.78, 5) is 25.6. The highest BCUT2D eigenvalue weighted by Gasteiger charge is 2.20. The second-order valence-corrected chi connectivity index (χ2v) is 10.1. The van der Waals surface area contributed by atoms with E-state index in [4.69, 9.17) is 4.74 Å². The van der Waals surface area contributed by atoms with Crippen LogP contribution in [0.4, 0.5) is 4.39 Å². The summed E-state index contributed by atoms with van der Waals surface area (Å²) in [6.07, 6.45) is 0. The third kappa shape index (κ3) is 6.70. The number of carbonyl (C=O) groups is 2. The van der Waals surface area contributed by atoms with E-state index >= 15 is 0 Å². The van der Waals surface area contributed by atoms with Gasteiger partial charge in [0.1, 0.15) is 5.82 Å². The Morgan fingerprint density at radius 3 is 2.27 bits per heavy atom. The van der Waals surface area contributed by atoms with Gasteiger partial charge in [-0.3, -0.25) is 4.79 Å². The highest BCUT2D eigenvalue weighted by atomic mass is 32.2. The van der Waals surface area contributed by atoms with Crippen molar-refractivity contribution >= 4 is 33.2 Å². The lowest BCUT2D eigenvalue weighted by atomic mass is 10.1. The van der Waals surface area contributed by atoms with Gasteiger partial charge in [-0.2, -0.15) is 0 Å². The van der Waals surface area contributed by atoms with Crippen molar-refractivity contribution < 1.29 is 27.1 Å². The molecule has 33 heavy (non-hydrogen) atoms. The number of amides is 1. The first-order chi connectivity index (χ1) is 15.7. The van der Waals surface area contributed by atoms with Crippen molar-refractivity contribution in [1.29, 1.82) is 0 Å². The number of hydrogen-bond acceptors (Lipinski definition) is 6. The van der Waals surface area contributed by atoms with Crippen LogP contribution in [0.15, 0.2) is 70.9 Å². The van der Waals surface area contributed by atoms with E-state index in [0.29, 0.717) is 5.56 Å². The molecule has 7 nitrogen and oxygen atoms in total. The van der Waals surface area contributed by atoms with E-state index in [-0.39, 0.29) is 22.3 Å². The predicted molar refractivity (Wildman–Crippen MR) is 123 cm³/mol. The second kappa shape index (κ2) is 10.7. The maximum Gasteiger partial charge on any atom is 0.338 e. The van der Waals surface area contributed by atoms with Crippen LogP contribution in [0.3, 0.4) is 0 Å². The Labute approximate surface area is 195 Å². The third-order valence-corrected chi connectivity index (χ3v) is 7.07. The SMILES string of the molecule is CC(C)NS(=O)(=O)c1ccc(C(=O)OCC(=O)NC(c2ccc(F)cc2)c2cccs2)cc1. The lowest BCUT2D eigenvalue weighted by Gasteiger charge is -2.18. The quantitative estimate of drug-likeness (QED) is 0.446. The van der Waals surface area contributed by atoms with Crippen molar-refractivity contribution in [3.8, 4) is 0 Å². The molecule has 1 amide bonds. The van der Waals surface area contributed by atoms with Crippen LogP contribution in [0.25, 0.3) is 0 Å². The number of ether oxygens (including phenoxy) is 1. The van der Waals surface area contributed by atoms with E-state index in [1.54, 1.807) is 26.0 Å². The van der Waals surface area contributed by atoms with E-state index in [1.807, 2.05) is 17.5 Å². The van der Waals surface area contributed by atoms with Gasteiger partial charge in [-0.15, -0.1) is 11.3 Å². The first kappa shape index (κ1) is 24.6. The van der Waals surface area contributed by atoms with Crippen molar-refractivity contribution in [2.24, 2.45) is 0 Å². The number of carbonyl (C=O) groups excluding carboxylic acids is 2. The number of halogens is 1. The molecule has 3 rings (SSSR count). The molecule has 0 aliphatic rings. The molecule has 2 N–H and O–H groups in total. The molecule has 0 fully saturated rings. The van der Waals surface area contributed by atoms with Crippen LogP contribution >= 0.6 is 11.3 Å². The van der Waals surface area contributed by atoms with Crippen LogP contribution < -0.4 is 10.0 Å². The van der Waals surface area contributed by atoms with Crippen LogP contribution in [0.2, 0.25) is 0 Å². The summed E-state index contributed by atoms with van der Waals surface area (Å²) in [6, 6.07) is 13.9. The molecule has 1 atom stereocenters. The van der Waals surface area contributed by atoms with E-state index in [9.17, 15) is 22.4 Å². The summed E-state index contributed by atoms with van der Waals surface area (Å²) in [5.74, 6) is -1.69. The summed E-state index contributed by atoms with van der Waals surface area (Å²) in [7, 11) is -3.68. The summed E-state index contributed by atoms with van der Waals surface area (Å²) in [6.45, 7) is 2.87. The standard InChI is InChI=1S/C23H23FN2O5S2/c1-15(2)26-33(29,30)19-11-7-17(8-12-19)23(28)31-14-21(27)25-22(20-4-3-13-32-20)16-5-9-18(24)10-6-16/h3-13,15,22,26H,14H2,1-2H3,(H,25,27). The summed E-state index contributed by atoms with van der Waals surface area (Å²) in [5.41, 5.74) is 0.796. The van der Waals surface area contributed by atoms with E-state index < -0.39 is 34.5 Å². The van der Waals surface area contributed by atoms with Gasteiger partial charge in [-0.1, -0.05) is 18.2 Å². The maximum atomic E-state index is 13.3. The average Bonchev–Trinajstić information content (AvgIpc) is 3.30. The van der Waals surface area contributed by atoms with E-state index in [2.05, 4.69) is 10.0 Å². The van der Waals surface area contributed by atoms with Gasteiger partial charge in [0.2, 0.25) is 10.0 Å². The van der Waals surface area contributed by atoms with Crippen LogP contribution in [-0.2, 0) is 19.6 Å². The van der Waals surface area contributed by atoms with Gasteiger partial charge < -0.3 is 10.1 Å². The molecule has 1 heterocycles. The van der Waals surface area contributed by atoms with Gasteiger partial charge in [0.25, 0.3) is 5.91 Å². The highest BCUT2D eigenvalue weighted by Crippen LogP contribution is 2.26. The zero-order valence-corrected chi connectivity index (χ0v) is 19.6. The number of esters is 1. The van der Waals surface area contributed by atoms with Gasteiger partial charge >= 0.3 is 5.97 Å². The molecule has 1 unspecified atom stereocenters. The predicted octanol–water partition coefficient (Wildman–Crippen LogP) is 3.64. The van der Waals surface area contributed by atoms with Crippen LogP contribution in [0, 0.1) is 5.82 Å². The van der Waals surface area contributed by atoms with Gasteiger partial charge in [0.05, 0.1) is 16.5 Å². The first-order valence-corrected chi connectivity index (χ1v) is 12.4. The Kier molecular flexibility index (Phi) is 7.96. The molecule has 0 saturated carbocycles. The lowest BCUT2D eigenvalue weighted by Crippen LogP contribution is -2.32. The van der Waals surface area contributed by atoms with Crippen LogP contribution in [-0.4, -0.2) is 32.9 Å². The minimum Gasteiger partial charge on any atom is -0.452 e. The molecule has 0 spiro atoms. The minimum atomic E-state index is -3.68. The Morgan fingerprint density at radius 1 is 1.03 bits per heavy atom. The zero-order chi connectivity index (χ0) is 24.0. The average molecular weight is 491 g/mol. The molecule has 0 aliphatic heterocycles. The van der Waals surface area contributed by atoms with Crippen molar-refractivity contribution in [3.63, 3.8) is 0 Å². The molecule has 10 heteroatoms. The number of hydrogen-bond donors (Lipinski definition) is 2. The number of benzene rings is 2. The fourth-order valence-corrected chi connectivity index (χ4v) is 5.05. The summed E-state index contributed by atoms with van der Waals surface area (Å²) < 4.78 is 45.2. The smallest absolute Gasteiger partial charge is 0.338 e. The molecule has 3 aromatic rings. The molecular weight excluding hydrogens is 467 g/mol. The Bertz CT molecular complexity index is 1190. The van der Waals surface area contributed by atoms with Crippen LogP contribution in [0.5, 0.6) is 0 Å². The third-order valence-electron chi connectivity index (χ3n) is 4.46. The largest absolute Gasteiger partial charge is 0.452 e. The van der Waals surface area contributed by atoms with Crippen molar-refractivity contribution in [2.75, 3.05) is 6.61 Å². The molecule has 0 aliphatic carbocycles. The van der Waals surface area contributed by atoms with Gasteiger partial charge in [0, 0.05) is 10.9 Å². The maximum absolute atomic E-state index is 13.3. The zero-order valence-electron chi connectivity index (χ0n) is 17.9. The second-order valence-electron chi connectivity index (χ2n) is 7.44.